The molecule has 0 saturated heterocycles. The van der Waals surface area contributed by atoms with Crippen LogP contribution in [0, 0.1) is 0 Å². The number of nitrogens with one attached hydrogen (secondary N) is 1. The third kappa shape index (κ3) is 3.41. The summed E-state index contributed by atoms with van der Waals surface area (Å²) in [6.07, 6.45) is 0. The van der Waals surface area contributed by atoms with E-state index < -0.39 is 0 Å². The lowest BCUT2D eigenvalue weighted by Crippen LogP contribution is -2.35. The maximum Gasteiger partial charge on any atom is 0.239 e. The van der Waals surface area contributed by atoms with Crippen LogP contribution in [0.1, 0.15) is 6.92 Å². The van der Waals surface area contributed by atoms with Crippen LogP contribution < -0.4 is 16.0 Å². The van der Waals surface area contributed by atoms with Gasteiger partial charge in [-0.3, -0.25) is 4.79 Å². The molecule has 0 heterocycles. The Morgan fingerprint density at radius 3 is 2.81 bits per heavy atom. The number of rotatable bonds is 4. The second-order valence-electron chi connectivity index (χ2n) is 3.52. The summed E-state index contributed by atoms with van der Waals surface area (Å²) in [6, 6.07) is 5.52. The molecule has 0 fully saturated rings. The van der Waals surface area contributed by atoms with Gasteiger partial charge in [-0.1, -0.05) is 0 Å². The van der Waals surface area contributed by atoms with E-state index in [0.29, 0.717) is 18.8 Å². The van der Waals surface area contributed by atoms with Crippen LogP contribution in [0.4, 0.5) is 11.4 Å². The van der Waals surface area contributed by atoms with Gasteiger partial charge in [0.2, 0.25) is 5.91 Å². The Morgan fingerprint density at radius 2 is 2.25 bits per heavy atom. The maximum absolute atomic E-state index is 11.4. The van der Waals surface area contributed by atoms with Crippen LogP contribution in [0.25, 0.3) is 0 Å². The van der Waals surface area contributed by atoms with Gasteiger partial charge in [-0.15, -0.1) is 0 Å². The quantitative estimate of drug-likeness (QED) is 0.827. The standard InChI is InChI=1S/C11H16BrN3O/c1-3-14-11(16)7-15(2)10-5-4-8(13)6-9(10)12/h4-6H,3,7,13H2,1-2H3,(H,14,16). The number of hydrogen-bond donors (Lipinski definition) is 2. The highest BCUT2D eigenvalue weighted by Gasteiger charge is 2.09. The molecule has 0 aliphatic carbocycles. The summed E-state index contributed by atoms with van der Waals surface area (Å²) in [7, 11) is 1.87. The number of carbonyl (C=O) groups is 1. The normalized spacial score (nSPS) is 9.94. The second-order valence-corrected chi connectivity index (χ2v) is 4.37. The summed E-state index contributed by atoms with van der Waals surface area (Å²) < 4.78 is 0.888. The molecule has 3 N–H and O–H groups in total. The SMILES string of the molecule is CCNC(=O)CN(C)c1ccc(N)cc1Br. The number of likely N-dealkylation sites (N-methyl/N-ethyl adjacent to an activating group) is 2. The van der Waals surface area contributed by atoms with E-state index in [4.69, 9.17) is 5.73 Å². The van der Waals surface area contributed by atoms with Crippen LogP contribution >= 0.6 is 15.9 Å². The highest BCUT2D eigenvalue weighted by atomic mass is 79.9. The molecule has 16 heavy (non-hydrogen) atoms. The Bertz CT molecular complexity index is 381. The zero-order valence-electron chi connectivity index (χ0n) is 9.46. The lowest BCUT2D eigenvalue weighted by atomic mass is 10.2. The van der Waals surface area contributed by atoms with Crippen LogP contribution in [0.5, 0.6) is 0 Å². The van der Waals surface area contributed by atoms with Gasteiger partial charge < -0.3 is 16.0 Å². The van der Waals surface area contributed by atoms with Crippen LogP contribution in [0.3, 0.4) is 0 Å². The molecule has 0 atom stereocenters. The number of nitrogens with two attached hydrogens (primary N) is 1. The van der Waals surface area contributed by atoms with Crippen molar-refractivity contribution in [2.24, 2.45) is 0 Å². The Morgan fingerprint density at radius 1 is 1.56 bits per heavy atom. The molecule has 88 valence electrons. The van der Waals surface area contributed by atoms with Gasteiger partial charge in [-0.05, 0) is 41.1 Å². The molecule has 0 saturated carbocycles. The van der Waals surface area contributed by atoms with E-state index in [2.05, 4.69) is 21.2 Å². The number of amides is 1. The van der Waals surface area contributed by atoms with Crippen LogP contribution in [0.2, 0.25) is 0 Å². The number of hydrogen-bond acceptors (Lipinski definition) is 3. The summed E-state index contributed by atoms with van der Waals surface area (Å²) in [4.78, 5) is 13.3. The molecule has 0 aromatic heterocycles. The van der Waals surface area contributed by atoms with Gasteiger partial charge in [0, 0.05) is 23.8 Å². The van der Waals surface area contributed by atoms with E-state index >= 15 is 0 Å². The zero-order chi connectivity index (χ0) is 12.1. The van der Waals surface area contributed by atoms with Crippen LogP contribution in [-0.2, 0) is 4.79 Å². The molecule has 0 spiro atoms. The minimum Gasteiger partial charge on any atom is -0.399 e. The topological polar surface area (TPSA) is 58.4 Å². The lowest BCUT2D eigenvalue weighted by Gasteiger charge is -2.20. The van der Waals surface area contributed by atoms with Crippen LogP contribution in [-0.4, -0.2) is 26.0 Å². The van der Waals surface area contributed by atoms with Gasteiger partial charge in [0.05, 0.1) is 12.2 Å². The summed E-state index contributed by atoms with van der Waals surface area (Å²) >= 11 is 3.42. The molecule has 1 rings (SSSR count). The smallest absolute Gasteiger partial charge is 0.239 e. The van der Waals surface area contributed by atoms with Crippen molar-refractivity contribution in [3.8, 4) is 0 Å². The lowest BCUT2D eigenvalue weighted by molar-refractivity contribution is -0.119. The van der Waals surface area contributed by atoms with Crippen molar-refractivity contribution >= 4 is 33.2 Å². The Labute approximate surface area is 104 Å². The predicted octanol–water partition coefficient (Wildman–Crippen LogP) is 1.60. The minimum absolute atomic E-state index is 0.00808. The first-order valence-corrected chi connectivity index (χ1v) is 5.86. The van der Waals surface area contributed by atoms with Gasteiger partial charge in [-0.25, -0.2) is 0 Å². The van der Waals surface area contributed by atoms with Crippen LogP contribution in [0.15, 0.2) is 22.7 Å². The zero-order valence-corrected chi connectivity index (χ0v) is 11.0. The molecule has 0 aliphatic rings. The first-order valence-electron chi connectivity index (χ1n) is 5.07. The van der Waals surface area contributed by atoms with Gasteiger partial charge >= 0.3 is 0 Å². The van der Waals surface area contributed by atoms with E-state index in [1.807, 2.05) is 37.1 Å². The second kappa shape index (κ2) is 5.75. The first-order chi connectivity index (χ1) is 7.54. The van der Waals surface area contributed by atoms with Crippen molar-refractivity contribution in [2.45, 2.75) is 6.92 Å². The van der Waals surface area contributed by atoms with E-state index in [-0.39, 0.29) is 5.91 Å². The van der Waals surface area contributed by atoms with Gasteiger partial charge in [0.25, 0.3) is 0 Å². The molecule has 1 amide bonds. The fourth-order valence-electron chi connectivity index (χ4n) is 1.39. The third-order valence-corrected chi connectivity index (χ3v) is 2.77. The van der Waals surface area contributed by atoms with Crippen molar-refractivity contribution in [3.05, 3.63) is 22.7 Å². The monoisotopic (exact) mass is 285 g/mol. The van der Waals surface area contributed by atoms with E-state index in [1.165, 1.54) is 0 Å². The molecule has 0 aliphatic heterocycles. The Balaban J connectivity index is 2.72. The van der Waals surface area contributed by atoms with E-state index in [1.54, 1.807) is 0 Å². The molecule has 0 unspecified atom stereocenters. The maximum atomic E-state index is 11.4. The van der Waals surface area contributed by atoms with Crippen molar-refractivity contribution in [1.82, 2.24) is 5.32 Å². The number of anilines is 2. The Hall–Kier alpha value is -1.23. The molecule has 1 aromatic rings. The number of halogens is 1. The van der Waals surface area contributed by atoms with E-state index in [9.17, 15) is 4.79 Å². The predicted molar refractivity (Wildman–Crippen MR) is 70.5 cm³/mol. The van der Waals surface area contributed by atoms with Crippen molar-refractivity contribution < 1.29 is 4.79 Å². The molecular weight excluding hydrogens is 270 g/mol. The molecule has 4 nitrogen and oxygen atoms in total. The summed E-state index contributed by atoms with van der Waals surface area (Å²) in [6.45, 7) is 2.88. The van der Waals surface area contributed by atoms with Crippen molar-refractivity contribution in [1.29, 1.82) is 0 Å². The highest BCUT2D eigenvalue weighted by molar-refractivity contribution is 9.10. The fraction of sp³-hybridized carbons (Fsp3) is 0.364. The van der Waals surface area contributed by atoms with Gasteiger partial charge in [0.15, 0.2) is 0 Å². The van der Waals surface area contributed by atoms with Crippen molar-refractivity contribution in [2.75, 3.05) is 30.8 Å². The average Bonchev–Trinajstić information content (AvgIpc) is 2.17. The number of carbonyl (C=O) groups excluding carboxylic acids is 1. The van der Waals surface area contributed by atoms with Gasteiger partial charge in [-0.2, -0.15) is 0 Å². The third-order valence-electron chi connectivity index (χ3n) is 2.14. The molecule has 5 heteroatoms. The largest absolute Gasteiger partial charge is 0.399 e. The minimum atomic E-state index is 0.00808. The van der Waals surface area contributed by atoms with Gasteiger partial charge in [0.1, 0.15) is 0 Å². The van der Waals surface area contributed by atoms with Crippen molar-refractivity contribution in [3.63, 3.8) is 0 Å². The number of benzene rings is 1. The Kier molecular flexibility index (Phi) is 4.61. The first kappa shape index (κ1) is 12.8. The molecule has 0 bridgehead atoms. The average molecular weight is 286 g/mol. The van der Waals surface area contributed by atoms with E-state index in [0.717, 1.165) is 10.2 Å². The molecule has 0 radical (unpaired) electrons. The molecule has 1 aromatic carbocycles. The number of nitrogen functional groups attached to an aromatic ring is 1. The summed E-state index contributed by atoms with van der Waals surface area (Å²) in [5.41, 5.74) is 7.29. The molecular formula is C11H16BrN3O. The number of nitrogens with zero attached hydrogens (tertiary/aromatic N) is 1. The highest BCUT2D eigenvalue weighted by Crippen LogP contribution is 2.27. The summed E-state index contributed by atoms with van der Waals surface area (Å²) in [5, 5.41) is 2.76. The summed E-state index contributed by atoms with van der Waals surface area (Å²) in [5.74, 6) is 0.00808. The fourth-order valence-corrected chi connectivity index (χ4v) is 2.09.